The van der Waals surface area contributed by atoms with Gasteiger partial charge in [0.15, 0.2) is 6.61 Å². The Morgan fingerprint density at radius 3 is 2.35 bits per heavy atom. The standard InChI is InChI=1S/C15H11Cl3N2O3/c16-8-2-4-13(11(18)5-8)20-14(21)7-23-15(22)10-3-1-9(17)6-12(10)19/h1-6H,7,19H2,(H,20,21). The number of nitrogens with one attached hydrogen (secondary N) is 1. The van der Waals surface area contributed by atoms with Gasteiger partial charge in [-0.15, -0.1) is 0 Å². The van der Waals surface area contributed by atoms with Gasteiger partial charge in [0.1, 0.15) is 0 Å². The lowest BCUT2D eigenvalue weighted by atomic mass is 10.2. The largest absolute Gasteiger partial charge is 0.452 e. The number of carbonyl (C=O) groups excluding carboxylic acids is 2. The lowest BCUT2D eigenvalue weighted by Gasteiger charge is -2.09. The SMILES string of the molecule is Nc1cc(Cl)ccc1C(=O)OCC(=O)Nc1ccc(Cl)cc1Cl. The van der Waals surface area contributed by atoms with E-state index in [-0.39, 0.29) is 16.3 Å². The number of ether oxygens (including phenoxy) is 1. The molecule has 0 aromatic heterocycles. The Kier molecular flexibility index (Phi) is 5.71. The maximum absolute atomic E-state index is 11.9. The Morgan fingerprint density at radius 2 is 1.70 bits per heavy atom. The second-order valence-electron chi connectivity index (χ2n) is 4.48. The van der Waals surface area contributed by atoms with E-state index >= 15 is 0 Å². The first-order valence-electron chi connectivity index (χ1n) is 6.34. The van der Waals surface area contributed by atoms with Crippen molar-refractivity contribution in [2.75, 3.05) is 17.7 Å². The summed E-state index contributed by atoms with van der Waals surface area (Å²) in [5, 5.41) is 3.63. The number of esters is 1. The highest BCUT2D eigenvalue weighted by atomic mass is 35.5. The van der Waals surface area contributed by atoms with Crippen LogP contribution in [-0.2, 0) is 9.53 Å². The van der Waals surface area contributed by atoms with Crippen molar-refractivity contribution >= 4 is 58.1 Å². The van der Waals surface area contributed by atoms with Crippen LogP contribution < -0.4 is 11.1 Å². The maximum Gasteiger partial charge on any atom is 0.340 e. The minimum atomic E-state index is -0.725. The van der Waals surface area contributed by atoms with Gasteiger partial charge in [0.05, 0.1) is 16.3 Å². The van der Waals surface area contributed by atoms with Gasteiger partial charge >= 0.3 is 5.97 Å². The fraction of sp³-hybridized carbons (Fsp3) is 0.0667. The molecule has 8 heteroatoms. The number of amides is 1. The Bertz CT molecular complexity index is 766. The molecule has 120 valence electrons. The van der Waals surface area contributed by atoms with Crippen LogP contribution in [0.15, 0.2) is 36.4 Å². The smallest absolute Gasteiger partial charge is 0.340 e. The van der Waals surface area contributed by atoms with Crippen molar-refractivity contribution in [1.29, 1.82) is 0 Å². The van der Waals surface area contributed by atoms with E-state index in [1.54, 1.807) is 12.1 Å². The van der Waals surface area contributed by atoms with Gasteiger partial charge in [-0.3, -0.25) is 4.79 Å². The molecule has 23 heavy (non-hydrogen) atoms. The predicted molar refractivity (Wildman–Crippen MR) is 91.2 cm³/mol. The quantitative estimate of drug-likeness (QED) is 0.626. The van der Waals surface area contributed by atoms with Crippen molar-refractivity contribution < 1.29 is 14.3 Å². The first-order chi connectivity index (χ1) is 10.9. The van der Waals surface area contributed by atoms with E-state index in [2.05, 4.69) is 5.32 Å². The summed E-state index contributed by atoms with van der Waals surface area (Å²) in [7, 11) is 0. The van der Waals surface area contributed by atoms with Crippen molar-refractivity contribution in [2.45, 2.75) is 0 Å². The molecule has 2 aromatic rings. The molecule has 3 N–H and O–H groups in total. The molecule has 0 atom stereocenters. The highest BCUT2D eigenvalue weighted by Crippen LogP contribution is 2.25. The van der Waals surface area contributed by atoms with E-state index in [4.69, 9.17) is 45.3 Å². The molecule has 0 aliphatic carbocycles. The first-order valence-corrected chi connectivity index (χ1v) is 7.47. The van der Waals surface area contributed by atoms with Crippen molar-refractivity contribution in [3.63, 3.8) is 0 Å². The van der Waals surface area contributed by atoms with Gasteiger partial charge < -0.3 is 15.8 Å². The second kappa shape index (κ2) is 7.55. The lowest BCUT2D eigenvalue weighted by molar-refractivity contribution is -0.119. The number of hydrogen-bond acceptors (Lipinski definition) is 4. The van der Waals surface area contributed by atoms with E-state index in [0.717, 1.165) is 0 Å². The molecule has 5 nitrogen and oxygen atoms in total. The molecule has 0 radical (unpaired) electrons. The molecule has 0 aliphatic rings. The zero-order chi connectivity index (χ0) is 17.0. The maximum atomic E-state index is 11.9. The molecule has 0 unspecified atom stereocenters. The average molecular weight is 374 g/mol. The molecular weight excluding hydrogens is 363 g/mol. The molecule has 0 bridgehead atoms. The van der Waals surface area contributed by atoms with Gasteiger partial charge in [0, 0.05) is 15.7 Å². The number of nitrogen functional groups attached to an aromatic ring is 1. The van der Waals surface area contributed by atoms with Crippen LogP contribution in [-0.4, -0.2) is 18.5 Å². The molecule has 0 saturated heterocycles. The van der Waals surface area contributed by atoms with Crippen LogP contribution in [0.3, 0.4) is 0 Å². The molecule has 0 heterocycles. The summed E-state index contributed by atoms with van der Waals surface area (Å²) >= 11 is 17.4. The molecule has 0 saturated carbocycles. The normalized spacial score (nSPS) is 10.2. The fourth-order valence-corrected chi connectivity index (χ4v) is 2.34. The van der Waals surface area contributed by atoms with Crippen LogP contribution >= 0.6 is 34.8 Å². The lowest BCUT2D eigenvalue weighted by Crippen LogP contribution is -2.21. The first kappa shape index (κ1) is 17.4. The van der Waals surface area contributed by atoms with Gasteiger partial charge in [-0.05, 0) is 36.4 Å². The van der Waals surface area contributed by atoms with Gasteiger partial charge in [-0.1, -0.05) is 34.8 Å². The summed E-state index contributed by atoms with van der Waals surface area (Å²) in [5.41, 5.74) is 6.34. The van der Waals surface area contributed by atoms with E-state index < -0.39 is 18.5 Å². The van der Waals surface area contributed by atoms with Crippen molar-refractivity contribution in [2.24, 2.45) is 0 Å². The molecule has 0 fully saturated rings. The van der Waals surface area contributed by atoms with Gasteiger partial charge in [0.25, 0.3) is 5.91 Å². The van der Waals surface area contributed by atoms with Crippen LogP contribution in [0.25, 0.3) is 0 Å². The Hall–Kier alpha value is -1.95. The van der Waals surface area contributed by atoms with Crippen LogP contribution in [0.1, 0.15) is 10.4 Å². The fourth-order valence-electron chi connectivity index (χ4n) is 1.71. The number of benzene rings is 2. The molecule has 2 rings (SSSR count). The highest BCUT2D eigenvalue weighted by Gasteiger charge is 2.14. The van der Waals surface area contributed by atoms with E-state index in [1.165, 1.54) is 24.3 Å². The number of halogens is 3. The zero-order valence-electron chi connectivity index (χ0n) is 11.6. The number of carbonyl (C=O) groups is 2. The summed E-state index contributed by atoms with van der Waals surface area (Å²) in [6.45, 7) is -0.486. The highest BCUT2D eigenvalue weighted by molar-refractivity contribution is 6.36. The minimum absolute atomic E-state index is 0.131. The third-order valence-corrected chi connectivity index (χ3v) is 3.56. The summed E-state index contributed by atoms with van der Waals surface area (Å²) in [6.07, 6.45) is 0. The Morgan fingerprint density at radius 1 is 1.04 bits per heavy atom. The van der Waals surface area contributed by atoms with Gasteiger partial charge in [-0.25, -0.2) is 4.79 Å². The average Bonchev–Trinajstić information content (AvgIpc) is 2.48. The zero-order valence-corrected chi connectivity index (χ0v) is 13.9. The van der Waals surface area contributed by atoms with Crippen molar-refractivity contribution in [3.05, 3.63) is 57.0 Å². The van der Waals surface area contributed by atoms with Crippen molar-refractivity contribution in [1.82, 2.24) is 0 Å². The van der Waals surface area contributed by atoms with Crippen molar-refractivity contribution in [3.8, 4) is 0 Å². The van der Waals surface area contributed by atoms with Crippen LogP contribution in [0.4, 0.5) is 11.4 Å². The second-order valence-corrected chi connectivity index (χ2v) is 5.76. The topological polar surface area (TPSA) is 81.4 Å². The summed E-state index contributed by atoms with van der Waals surface area (Å²) in [4.78, 5) is 23.7. The Labute approximate surface area is 147 Å². The van der Waals surface area contributed by atoms with E-state index in [0.29, 0.717) is 15.7 Å². The third kappa shape index (κ3) is 4.76. The van der Waals surface area contributed by atoms with Gasteiger partial charge in [0.2, 0.25) is 0 Å². The number of anilines is 2. The minimum Gasteiger partial charge on any atom is -0.452 e. The Balaban J connectivity index is 1.94. The van der Waals surface area contributed by atoms with Crippen LogP contribution in [0, 0.1) is 0 Å². The molecule has 1 amide bonds. The molecular formula is C15H11Cl3N2O3. The number of hydrogen-bond donors (Lipinski definition) is 2. The predicted octanol–water partition coefficient (Wildman–Crippen LogP) is 4.02. The summed E-state index contributed by atoms with van der Waals surface area (Å²) in [6, 6.07) is 8.95. The molecule has 2 aromatic carbocycles. The van der Waals surface area contributed by atoms with Gasteiger partial charge in [-0.2, -0.15) is 0 Å². The van der Waals surface area contributed by atoms with E-state index in [9.17, 15) is 9.59 Å². The summed E-state index contributed by atoms with van der Waals surface area (Å²) in [5.74, 6) is -1.27. The monoisotopic (exact) mass is 372 g/mol. The summed E-state index contributed by atoms with van der Waals surface area (Å²) < 4.78 is 4.90. The third-order valence-electron chi connectivity index (χ3n) is 2.77. The molecule has 0 spiro atoms. The number of nitrogens with two attached hydrogens (primary N) is 1. The number of rotatable bonds is 4. The molecule has 0 aliphatic heterocycles. The van der Waals surface area contributed by atoms with Crippen LogP contribution in [0.2, 0.25) is 15.1 Å². The van der Waals surface area contributed by atoms with E-state index in [1.807, 2.05) is 0 Å². The van der Waals surface area contributed by atoms with Crippen LogP contribution in [0.5, 0.6) is 0 Å².